The van der Waals surface area contributed by atoms with Crippen LogP contribution in [0.25, 0.3) is 10.9 Å². The molecule has 3 aromatic carbocycles. The number of benzene rings is 3. The second kappa shape index (κ2) is 12.6. The Kier molecular flexibility index (Phi) is 8.61. The predicted octanol–water partition coefficient (Wildman–Crippen LogP) is 7.76. The zero-order valence-corrected chi connectivity index (χ0v) is 25.6. The van der Waals surface area contributed by atoms with E-state index in [0.29, 0.717) is 27.8 Å². The maximum absolute atomic E-state index is 13.7. The van der Waals surface area contributed by atoms with E-state index < -0.39 is 12.7 Å². The largest absolute Gasteiger partial charge is 0.495 e. The van der Waals surface area contributed by atoms with Gasteiger partial charge in [0.25, 0.3) is 0 Å². The number of halogens is 3. The van der Waals surface area contributed by atoms with E-state index in [1.54, 1.807) is 37.1 Å². The first-order chi connectivity index (χ1) is 21.3. The number of alkyl halides is 3. The van der Waals surface area contributed by atoms with Crippen LogP contribution in [0, 0.1) is 17.3 Å². The lowest BCUT2D eigenvalue weighted by atomic mass is 9.77. The number of rotatable bonds is 8. The molecule has 6 rings (SSSR count). The number of aromatic nitrogens is 1. The van der Waals surface area contributed by atoms with Crippen LogP contribution in [0.1, 0.15) is 18.5 Å². The fraction of sp³-hybridized carbons (Fsp3) is 0.353. The molecule has 0 amide bonds. The first-order valence-electron chi connectivity index (χ1n) is 14.6. The molecule has 44 heavy (non-hydrogen) atoms. The number of fused-ring (bicyclic) bond motifs is 1. The van der Waals surface area contributed by atoms with Gasteiger partial charge in [-0.15, -0.1) is 11.8 Å². The van der Waals surface area contributed by atoms with Crippen molar-refractivity contribution in [1.82, 2.24) is 4.57 Å². The fourth-order valence-electron chi connectivity index (χ4n) is 5.90. The number of thioether (sulfide) groups is 1. The number of nitrogens with one attached hydrogen (secondary N) is 2. The lowest BCUT2D eigenvalue weighted by Crippen LogP contribution is -2.50. The van der Waals surface area contributed by atoms with Gasteiger partial charge in [0.15, 0.2) is 0 Å². The summed E-state index contributed by atoms with van der Waals surface area (Å²) in [7, 11) is 1.60. The van der Waals surface area contributed by atoms with Gasteiger partial charge in [-0.2, -0.15) is 13.2 Å². The number of hydrogen-bond acceptors (Lipinski definition) is 6. The highest BCUT2D eigenvalue weighted by atomic mass is 32.2. The van der Waals surface area contributed by atoms with E-state index in [1.807, 2.05) is 42.7 Å². The average molecular weight is 621 g/mol. The van der Waals surface area contributed by atoms with Gasteiger partial charge in [0.2, 0.25) is 0 Å². The van der Waals surface area contributed by atoms with Crippen molar-refractivity contribution < 1.29 is 22.6 Å². The van der Waals surface area contributed by atoms with E-state index in [9.17, 15) is 13.2 Å². The lowest BCUT2D eigenvalue weighted by Gasteiger charge is -2.47. The van der Waals surface area contributed by atoms with Crippen molar-refractivity contribution in [2.24, 2.45) is 5.41 Å². The Labute approximate surface area is 259 Å². The molecule has 0 aliphatic carbocycles. The molecule has 2 aliphatic rings. The van der Waals surface area contributed by atoms with Crippen LogP contribution in [0.3, 0.4) is 0 Å². The third kappa shape index (κ3) is 6.59. The van der Waals surface area contributed by atoms with Crippen LogP contribution >= 0.6 is 11.8 Å². The summed E-state index contributed by atoms with van der Waals surface area (Å²) in [6.45, 7) is 2.90. The minimum absolute atomic E-state index is 0.242. The van der Waals surface area contributed by atoms with Crippen LogP contribution in [-0.4, -0.2) is 57.0 Å². The normalized spacial score (nSPS) is 15.9. The van der Waals surface area contributed by atoms with Gasteiger partial charge >= 0.3 is 6.18 Å². The van der Waals surface area contributed by atoms with Crippen LogP contribution in [-0.2, 0) is 11.3 Å². The average Bonchev–Trinajstić information content (AvgIpc) is 3.35. The van der Waals surface area contributed by atoms with E-state index >= 15 is 0 Å². The first-order valence-corrected chi connectivity index (χ1v) is 15.8. The molecule has 3 heterocycles. The van der Waals surface area contributed by atoms with Crippen molar-refractivity contribution in [2.75, 3.05) is 61.7 Å². The zero-order valence-electron chi connectivity index (χ0n) is 24.8. The van der Waals surface area contributed by atoms with Gasteiger partial charge in [0.05, 0.1) is 43.8 Å². The van der Waals surface area contributed by atoms with Crippen molar-refractivity contribution in [3.8, 4) is 17.6 Å². The topological polar surface area (TPSA) is 50.7 Å². The van der Waals surface area contributed by atoms with Gasteiger partial charge in [-0.25, -0.2) is 0 Å². The highest BCUT2D eigenvalue weighted by Crippen LogP contribution is 2.40. The molecule has 230 valence electrons. The molecule has 2 fully saturated rings. The van der Waals surface area contributed by atoms with Crippen molar-refractivity contribution in [3.63, 3.8) is 0 Å². The number of methoxy groups -OCH3 is 1. The van der Waals surface area contributed by atoms with Gasteiger partial charge in [-0.05, 0) is 85.7 Å². The Morgan fingerprint density at radius 3 is 2.43 bits per heavy atom. The number of anilines is 4. The molecule has 10 heteroatoms. The van der Waals surface area contributed by atoms with Gasteiger partial charge in [0, 0.05) is 45.8 Å². The van der Waals surface area contributed by atoms with E-state index in [4.69, 9.17) is 9.47 Å². The first kappa shape index (κ1) is 30.1. The van der Waals surface area contributed by atoms with Crippen LogP contribution < -0.4 is 20.3 Å². The van der Waals surface area contributed by atoms with Crippen LogP contribution in [0.5, 0.6) is 5.75 Å². The Bertz CT molecular complexity index is 1680. The van der Waals surface area contributed by atoms with Crippen LogP contribution in [0.4, 0.5) is 35.9 Å². The fourth-order valence-corrected chi connectivity index (χ4v) is 6.32. The van der Waals surface area contributed by atoms with Crippen LogP contribution in [0.2, 0.25) is 0 Å². The quantitative estimate of drug-likeness (QED) is 0.155. The summed E-state index contributed by atoms with van der Waals surface area (Å²) in [5.41, 5.74) is 4.68. The van der Waals surface area contributed by atoms with Crippen molar-refractivity contribution in [3.05, 3.63) is 72.4 Å². The van der Waals surface area contributed by atoms with Crippen molar-refractivity contribution in [1.29, 1.82) is 0 Å². The summed E-state index contributed by atoms with van der Waals surface area (Å²) in [6.07, 6.45) is -0.123. The zero-order chi connectivity index (χ0) is 30.7. The van der Waals surface area contributed by atoms with E-state index in [0.717, 1.165) is 61.1 Å². The number of ether oxygens (including phenoxy) is 2. The molecule has 2 N–H and O–H groups in total. The van der Waals surface area contributed by atoms with E-state index in [1.165, 1.54) is 10.3 Å². The SMILES string of the molecule is COc1cc(SC)ccc1NCC#Cc1cc2c(Nc3ccc(N4CCC5(CC4)COC5)cc3)cccc2n1CC(F)(F)F. The molecule has 0 bridgehead atoms. The highest BCUT2D eigenvalue weighted by molar-refractivity contribution is 7.98. The summed E-state index contributed by atoms with van der Waals surface area (Å²) < 4.78 is 53.1. The summed E-state index contributed by atoms with van der Waals surface area (Å²) >= 11 is 1.61. The van der Waals surface area contributed by atoms with Gasteiger partial charge in [-0.3, -0.25) is 0 Å². The van der Waals surface area contributed by atoms with E-state index in [-0.39, 0.29) is 6.54 Å². The third-order valence-electron chi connectivity index (χ3n) is 8.43. The summed E-state index contributed by atoms with van der Waals surface area (Å²) in [5.74, 6) is 6.65. The summed E-state index contributed by atoms with van der Waals surface area (Å²) in [5, 5.41) is 7.30. The Hall–Kier alpha value is -3.94. The second-order valence-electron chi connectivity index (χ2n) is 11.3. The lowest BCUT2D eigenvalue weighted by molar-refractivity contribution is -0.140. The second-order valence-corrected chi connectivity index (χ2v) is 12.2. The maximum Gasteiger partial charge on any atom is 0.406 e. The molecular formula is C34H35F3N4O2S. The van der Waals surface area contributed by atoms with Crippen molar-refractivity contribution >= 4 is 45.4 Å². The van der Waals surface area contributed by atoms with E-state index in [2.05, 4.69) is 39.5 Å². The van der Waals surface area contributed by atoms with Gasteiger partial charge in [0.1, 0.15) is 12.3 Å². The Morgan fingerprint density at radius 2 is 1.77 bits per heavy atom. The van der Waals surface area contributed by atoms with Gasteiger partial charge < -0.3 is 29.6 Å². The standard InChI is InChI=1S/C34H35F3N4O2S/c1-42-32-20-27(44-2)12-13-30(32)38-16-4-5-26-19-28-29(6-3-7-31(28)41(26)21-34(35,36)37)39-24-8-10-25(11-9-24)40-17-14-33(15-18-40)22-43-23-33/h3,6-13,19-20,38-39H,14-18,21-23H2,1-2H3. The molecular weight excluding hydrogens is 585 g/mol. The monoisotopic (exact) mass is 620 g/mol. The van der Waals surface area contributed by atoms with Crippen LogP contribution in [0.15, 0.2) is 71.6 Å². The third-order valence-corrected chi connectivity index (χ3v) is 9.15. The summed E-state index contributed by atoms with van der Waals surface area (Å²) in [6, 6.07) is 21.1. The molecule has 6 nitrogen and oxygen atoms in total. The maximum atomic E-state index is 13.7. The minimum Gasteiger partial charge on any atom is -0.495 e. The smallest absolute Gasteiger partial charge is 0.406 e. The minimum atomic E-state index is -4.40. The van der Waals surface area contributed by atoms with Gasteiger partial charge in [-0.1, -0.05) is 12.0 Å². The molecule has 0 saturated carbocycles. The molecule has 0 radical (unpaired) electrons. The van der Waals surface area contributed by atoms with Crippen molar-refractivity contribution in [2.45, 2.75) is 30.5 Å². The molecule has 0 unspecified atom stereocenters. The highest BCUT2D eigenvalue weighted by Gasteiger charge is 2.41. The molecule has 2 saturated heterocycles. The Morgan fingerprint density at radius 1 is 1.00 bits per heavy atom. The molecule has 1 aromatic heterocycles. The molecule has 4 aromatic rings. The predicted molar refractivity (Wildman–Crippen MR) is 173 cm³/mol. The Balaban J connectivity index is 1.20. The number of piperidine rings is 1. The summed E-state index contributed by atoms with van der Waals surface area (Å²) in [4.78, 5) is 3.47. The molecule has 2 aliphatic heterocycles. The molecule has 0 atom stereocenters. The molecule has 1 spiro atoms. The number of nitrogens with zero attached hydrogens (tertiary/aromatic N) is 2. The number of hydrogen-bond donors (Lipinski definition) is 2.